The summed E-state index contributed by atoms with van der Waals surface area (Å²) in [4.78, 5) is 17.8. The number of para-hydroxylation sites is 1. The number of hydrogen-bond donors (Lipinski definition) is 1. The maximum absolute atomic E-state index is 12.6. The molecule has 3 rings (SSSR count). The summed E-state index contributed by atoms with van der Waals surface area (Å²) in [5.74, 6) is 0.726. The van der Waals surface area contributed by atoms with Crippen LogP contribution >= 0.6 is 0 Å². The Morgan fingerprint density at radius 1 is 1.30 bits per heavy atom. The van der Waals surface area contributed by atoms with E-state index in [2.05, 4.69) is 25.8 Å². The van der Waals surface area contributed by atoms with Crippen molar-refractivity contribution in [1.29, 1.82) is 0 Å². The number of amides is 1. The molecule has 1 unspecified atom stereocenters. The minimum Gasteiger partial charge on any atom is -0.351 e. The van der Waals surface area contributed by atoms with Gasteiger partial charge in [0, 0.05) is 24.0 Å². The third-order valence-electron chi connectivity index (χ3n) is 4.46. The molecule has 1 fully saturated rings. The smallest absolute Gasteiger partial charge is 0.270 e. The lowest BCUT2D eigenvalue weighted by atomic mass is 9.80. The maximum atomic E-state index is 12.6. The minimum absolute atomic E-state index is 0.132. The summed E-state index contributed by atoms with van der Waals surface area (Å²) >= 11 is 0. The molecule has 2 aromatic rings. The molecule has 20 heavy (non-hydrogen) atoms. The van der Waals surface area contributed by atoms with Crippen LogP contribution in [0.4, 0.5) is 0 Å². The van der Waals surface area contributed by atoms with Gasteiger partial charge in [-0.15, -0.1) is 0 Å². The van der Waals surface area contributed by atoms with Crippen molar-refractivity contribution in [3.8, 4) is 0 Å². The fraction of sp³-hybridized carbons (Fsp3) is 0.471. The summed E-state index contributed by atoms with van der Waals surface area (Å²) in [6.45, 7) is 8.52. The number of carbonyl (C=O) groups excluding carboxylic acids is 1. The van der Waals surface area contributed by atoms with Crippen molar-refractivity contribution in [2.24, 2.45) is 11.3 Å². The number of benzene rings is 1. The molecule has 1 aliphatic heterocycles. The standard InChI is InChI=1S/C17H22N2O/c1-17(2,3)13-8-9-19(11-13)16(20)15-10-12-6-4-5-7-14(12)18-15/h4-7,10,13,18H,8-9,11H2,1-3H3. The van der Waals surface area contributed by atoms with Crippen molar-refractivity contribution in [3.63, 3.8) is 0 Å². The van der Waals surface area contributed by atoms with Crippen LogP contribution in [0.15, 0.2) is 30.3 Å². The molecule has 1 amide bonds. The second kappa shape index (κ2) is 4.65. The van der Waals surface area contributed by atoms with Crippen LogP contribution in [0.3, 0.4) is 0 Å². The summed E-state index contributed by atoms with van der Waals surface area (Å²) in [6, 6.07) is 9.98. The monoisotopic (exact) mass is 270 g/mol. The predicted octanol–water partition coefficient (Wildman–Crippen LogP) is 3.68. The predicted molar refractivity (Wildman–Crippen MR) is 81.8 cm³/mol. The lowest BCUT2D eigenvalue weighted by Gasteiger charge is -2.26. The second-order valence-electron chi connectivity index (χ2n) is 6.87. The molecule has 0 radical (unpaired) electrons. The highest BCUT2D eigenvalue weighted by Gasteiger charge is 2.34. The van der Waals surface area contributed by atoms with Gasteiger partial charge in [0.25, 0.3) is 5.91 Å². The number of fused-ring (bicyclic) bond motifs is 1. The molecule has 0 bridgehead atoms. The van der Waals surface area contributed by atoms with Crippen LogP contribution in [0, 0.1) is 11.3 Å². The molecule has 1 N–H and O–H groups in total. The van der Waals surface area contributed by atoms with E-state index in [-0.39, 0.29) is 11.3 Å². The number of aromatic amines is 1. The van der Waals surface area contributed by atoms with Gasteiger partial charge in [-0.2, -0.15) is 0 Å². The molecule has 3 nitrogen and oxygen atoms in total. The van der Waals surface area contributed by atoms with Gasteiger partial charge in [-0.1, -0.05) is 39.0 Å². The zero-order valence-electron chi connectivity index (χ0n) is 12.4. The van der Waals surface area contributed by atoms with Gasteiger partial charge in [0.15, 0.2) is 0 Å². The quantitative estimate of drug-likeness (QED) is 0.843. The molecule has 2 heterocycles. The fourth-order valence-electron chi connectivity index (χ4n) is 3.01. The zero-order valence-corrected chi connectivity index (χ0v) is 12.4. The van der Waals surface area contributed by atoms with E-state index in [9.17, 15) is 4.79 Å². The van der Waals surface area contributed by atoms with Gasteiger partial charge in [-0.05, 0) is 29.9 Å². The number of carbonyl (C=O) groups is 1. The lowest BCUT2D eigenvalue weighted by Crippen LogP contribution is -2.31. The highest BCUT2D eigenvalue weighted by atomic mass is 16.2. The first-order valence-corrected chi connectivity index (χ1v) is 7.32. The average Bonchev–Trinajstić information content (AvgIpc) is 3.04. The number of hydrogen-bond acceptors (Lipinski definition) is 1. The number of nitrogens with zero attached hydrogens (tertiary/aromatic N) is 1. The Kier molecular flexibility index (Phi) is 3.08. The van der Waals surface area contributed by atoms with Crippen LogP contribution in [0.2, 0.25) is 0 Å². The number of rotatable bonds is 1. The Balaban J connectivity index is 1.80. The van der Waals surface area contributed by atoms with Crippen molar-refractivity contribution in [3.05, 3.63) is 36.0 Å². The van der Waals surface area contributed by atoms with Crippen molar-refractivity contribution in [1.82, 2.24) is 9.88 Å². The van der Waals surface area contributed by atoms with E-state index in [1.807, 2.05) is 35.2 Å². The van der Waals surface area contributed by atoms with Gasteiger partial charge in [0.1, 0.15) is 5.69 Å². The van der Waals surface area contributed by atoms with Crippen LogP contribution in [0.1, 0.15) is 37.7 Å². The molecule has 0 saturated carbocycles. The molecule has 0 spiro atoms. The zero-order chi connectivity index (χ0) is 14.3. The minimum atomic E-state index is 0.132. The van der Waals surface area contributed by atoms with E-state index in [0.29, 0.717) is 11.6 Å². The number of likely N-dealkylation sites (tertiary alicyclic amines) is 1. The molecule has 1 aromatic carbocycles. The molecular formula is C17H22N2O. The van der Waals surface area contributed by atoms with Crippen LogP contribution in [-0.4, -0.2) is 28.9 Å². The van der Waals surface area contributed by atoms with Crippen LogP contribution in [0.25, 0.3) is 10.9 Å². The first kappa shape index (κ1) is 13.2. The van der Waals surface area contributed by atoms with E-state index in [1.54, 1.807) is 0 Å². The second-order valence-corrected chi connectivity index (χ2v) is 6.87. The van der Waals surface area contributed by atoms with Crippen molar-refractivity contribution >= 4 is 16.8 Å². The summed E-state index contributed by atoms with van der Waals surface area (Å²) in [7, 11) is 0. The van der Waals surface area contributed by atoms with Gasteiger partial charge >= 0.3 is 0 Å². The van der Waals surface area contributed by atoms with Gasteiger partial charge in [0.05, 0.1) is 0 Å². The molecule has 3 heteroatoms. The Bertz CT molecular complexity index is 603. The molecule has 1 aromatic heterocycles. The summed E-state index contributed by atoms with van der Waals surface area (Å²) < 4.78 is 0. The molecule has 1 saturated heterocycles. The van der Waals surface area contributed by atoms with Gasteiger partial charge in [-0.25, -0.2) is 0 Å². The van der Waals surface area contributed by atoms with E-state index in [1.165, 1.54) is 0 Å². The Hall–Kier alpha value is -1.77. The summed E-state index contributed by atoms with van der Waals surface area (Å²) in [5.41, 5.74) is 2.01. The largest absolute Gasteiger partial charge is 0.351 e. The average molecular weight is 270 g/mol. The van der Waals surface area contributed by atoms with E-state index >= 15 is 0 Å². The van der Waals surface area contributed by atoms with Crippen molar-refractivity contribution in [2.75, 3.05) is 13.1 Å². The molecule has 0 aliphatic carbocycles. The molecule has 1 atom stereocenters. The highest BCUT2D eigenvalue weighted by molar-refractivity contribution is 5.98. The van der Waals surface area contributed by atoms with Crippen molar-refractivity contribution in [2.45, 2.75) is 27.2 Å². The summed E-state index contributed by atoms with van der Waals surface area (Å²) in [6.07, 6.45) is 1.11. The van der Waals surface area contributed by atoms with Crippen LogP contribution in [-0.2, 0) is 0 Å². The van der Waals surface area contributed by atoms with Crippen LogP contribution < -0.4 is 0 Å². The van der Waals surface area contributed by atoms with E-state index in [4.69, 9.17) is 0 Å². The van der Waals surface area contributed by atoms with Gasteiger partial charge in [0.2, 0.25) is 0 Å². The summed E-state index contributed by atoms with van der Waals surface area (Å²) in [5, 5.41) is 1.10. The number of H-pyrrole nitrogens is 1. The van der Waals surface area contributed by atoms with Crippen LogP contribution in [0.5, 0.6) is 0 Å². The van der Waals surface area contributed by atoms with Gasteiger partial charge in [-0.3, -0.25) is 4.79 Å². The molecule has 1 aliphatic rings. The third-order valence-corrected chi connectivity index (χ3v) is 4.46. The number of aromatic nitrogens is 1. The Morgan fingerprint density at radius 2 is 2.05 bits per heavy atom. The first-order chi connectivity index (χ1) is 9.45. The highest BCUT2D eigenvalue weighted by Crippen LogP contribution is 2.34. The Morgan fingerprint density at radius 3 is 2.70 bits per heavy atom. The Labute approximate surface area is 120 Å². The normalized spacial score (nSPS) is 19.8. The SMILES string of the molecule is CC(C)(C)C1CCN(C(=O)c2cc3ccccc3[nH]2)C1. The van der Waals surface area contributed by atoms with E-state index < -0.39 is 0 Å². The number of nitrogens with one attached hydrogen (secondary N) is 1. The third kappa shape index (κ3) is 2.33. The lowest BCUT2D eigenvalue weighted by molar-refractivity contribution is 0.0771. The molecular weight excluding hydrogens is 248 g/mol. The van der Waals surface area contributed by atoms with E-state index in [0.717, 1.165) is 30.4 Å². The maximum Gasteiger partial charge on any atom is 0.270 e. The molecule has 106 valence electrons. The fourth-order valence-corrected chi connectivity index (χ4v) is 3.01. The van der Waals surface area contributed by atoms with Gasteiger partial charge < -0.3 is 9.88 Å². The topological polar surface area (TPSA) is 36.1 Å². The van der Waals surface area contributed by atoms with Crippen molar-refractivity contribution < 1.29 is 4.79 Å². The first-order valence-electron chi connectivity index (χ1n) is 7.32.